The standard InChI is InChI=1S/C5H5.5CH3.2ClH.Hf/c1-2-4-5-3-1;;;;;;;;/h1-3H,4H2;5*1H3;2*1H;/q6*-1;;;. The molecular formula is C10H22Cl2Hf-6. The van der Waals surface area contributed by atoms with Crippen molar-refractivity contribution in [1.82, 2.24) is 0 Å². The van der Waals surface area contributed by atoms with E-state index in [1.165, 1.54) is 0 Å². The molecule has 3 heteroatoms. The van der Waals surface area contributed by atoms with Crippen LogP contribution in [0.15, 0.2) is 18.2 Å². The third-order valence-corrected chi connectivity index (χ3v) is 0.586. The topological polar surface area (TPSA) is 0 Å². The molecule has 1 aliphatic carbocycles. The number of halogens is 2. The monoisotopic (exact) mass is 392 g/mol. The molecule has 1 aliphatic rings. The maximum atomic E-state index is 2.99. The Bertz CT molecular complexity index is 71.0. The first-order chi connectivity index (χ1) is 2.50. The van der Waals surface area contributed by atoms with Crippen LogP contribution in [0.2, 0.25) is 0 Å². The van der Waals surface area contributed by atoms with Crippen molar-refractivity contribution < 1.29 is 25.8 Å². The predicted octanol–water partition coefficient (Wildman–Crippen LogP) is 4.40. The third kappa shape index (κ3) is 43.9. The molecular weight excluding hydrogens is 370 g/mol. The molecule has 0 atom stereocenters. The summed E-state index contributed by atoms with van der Waals surface area (Å²) in [5.74, 6) is 0. The van der Waals surface area contributed by atoms with Crippen molar-refractivity contribution in [2.75, 3.05) is 0 Å². The second-order valence-corrected chi connectivity index (χ2v) is 1.00. The van der Waals surface area contributed by atoms with Crippen molar-refractivity contribution in [2.24, 2.45) is 0 Å². The minimum Gasteiger partial charge on any atom is -0.358 e. The number of allylic oxidation sites excluding steroid dienone is 4. The van der Waals surface area contributed by atoms with Crippen LogP contribution in [0.4, 0.5) is 0 Å². The molecule has 0 aromatic heterocycles. The largest absolute Gasteiger partial charge is 0.358 e. The zero-order chi connectivity index (χ0) is 3.54. The van der Waals surface area contributed by atoms with Crippen LogP contribution in [0.3, 0.4) is 0 Å². The summed E-state index contributed by atoms with van der Waals surface area (Å²) in [4.78, 5) is 0. The van der Waals surface area contributed by atoms with E-state index in [1.807, 2.05) is 12.2 Å². The summed E-state index contributed by atoms with van der Waals surface area (Å²) in [6.07, 6.45) is 10.0. The van der Waals surface area contributed by atoms with E-state index >= 15 is 0 Å². The first kappa shape index (κ1) is 66.2. The van der Waals surface area contributed by atoms with Gasteiger partial charge in [0.25, 0.3) is 0 Å². The Balaban J connectivity index is -0.00000000521. The van der Waals surface area contributed by atoms with Crippen molar-refractivity contribution in [3.8, 4) is 0 Å². The van der Waals surface area contributed by atoms with Crippen molar-refractivity contribution in [3.05, 3.63) is 61.4 Å². The predicted molar refractivity (Wildman–Crippen MR) is 68.1 cm³/mol. The zero-order valence-corrected chi connectivity index (χ0v) is 14.5. The molecule has 13 heavy (non-hydrogen) atoms. The van der Waals surface area contributed by atoms with Gasteiger partial charge in [0.05, 0.1) is 0 Å². The molecule has 0 aliphatic heterocycles. The van der Waals surface area contributed by atoms with Gasteiger partial charge in [0.1, 0.15) is 0 Å². The summed E-state index contributed by atoms with van der Waals surface area (Å²) in [5.41, 5.74) is 0. The van der Waals surface area contributed by atoms with Gasteiger partial charge in [-0.05, 0) is 0 Å². The third-order valence-electron chi connectivity index (χ3n) is 0.586. The van der Waals surface area contributed by atoms with Crippen molar-refractivity contribution in [2.45, 2.75) is 6.42 Å². The molecule has 0 N–H and O–H groups in total. The van der Waals surface area contributed by atoms with E-state index in [0.717, 1.165) is 6.42 Å². The molecule has 0 nitrogen and oxygen atoms in total. The maximum Gasteiger partial charge on any atom is 0 e. The summed E-state index contributed by atoms with van der Waals surface area (Å²) in [5, 5.41) is 0. The average Bonchev–Trinajstić information content (AvgIpc) is 1.76. The van der Waals surface area contributed by atoms with Crippen LogP contribution in [0.5, 0.6) is 0 Å². The van der Waals surface area contributed by atoms with Crippen LogP contribution in [-0.2, 0) is 25.8 Å². The van der Waals surface area contributed by atoms with Gasteiger partial charge in [-0.2, -0.15) is 6.08 Å². The fraction of sp³-hybridized carbons (Fsp3) is 0.100. The van der Waals surface area contributed by atoms with Gasteiger partial charge in [0.15, 0.2) is 0 Å². The normalized spacial score (nSPS) is 6.77. The van der Waals surface area contributed by atoms with Gasteiger partial charge in [-0.15, -0.1) is 31.2 Å². The van der Waals surface area contributed by atoms with Crippen LogP contribution >= 0.6 is 24.8 Å². The zero-order valence-electron chi connectivity index (χ0n) is 9.26. The molecule has 0 spiro atoms. The quantitative estimate of drug-likeness (QED) is 0.424. The van der Waals surface area contributed by atoms with E-state index in [4.69, 9.17) is 0 Å². The van der Waals surface area contributed by atoms with Crippen LogP contribution in [0.25, 0.3) is 0 Å². The van der Waals surface area contributed by atoms with E-state index in [0.29, 0.717) is 0 Å². The second-order valence-electron chi connectivity index (χ2n) is 1.00. The SMILES string of the molecule is Cl.Cl.[C-]1=CC=CC1.[CH3-].[CH3-].[CH3-].[CH3-].[CH3-].[Hf]. The van der Waals surface area contributed by atoms with Gasteiger partial charge in [-0.25, -0.2) is 12.2 Å². The first-order valence-electron chi connectivity index (χ1n) is 1.72. The second kappa shape index (κ2) is 52.3. The summed E-state index contributed by atoms with van der Waals surface area (Å²) < 4.78 is 0. The Labute approximate surface area is 118 Å². The van der Waals surface area contributed by atoms with Crippen LogP contribution < -0.4 is 0 Å². The molecule has 0 unspecified atom stereocenters. The summed E-state index contributed by atoms with van der Waals surface area (Å²) in [7, 11) is 0. The van der Waals surface area contributed by atoms with Crippen LogP contribution in [0, 0.1) is 43.2 Å². The van der Waals surface area contributed by atoms with Gasteiger partial charge in [0.2, 0.25) is 0 Å². The Morgan fingerprint density at radius 3 is 1.31 bits per heavy atom. The molecule has 0 amide bonds. The Kier molecular flexibility index (Phi) is 267. The molecule has 0 bridgehead atoms. The molecule has 0 heterocycles. The van der Waals surface area contributed by atoms with Gasteiger partial charge < -0.3 is 37.1 Å². The molecule has 0 aromatic carbocycles. The summed E-state index contributed by atoms with van der Waals surface area (Å²) in [6.45, 7) is 0. The van der Waals surface area contributed by atoms with Crippen molar-refractivity contribution in [3.63, 3.8) is 0 Å². The van der Waals surface area contributed by atoms with E-state index in [-0.39, 0.29) is 87.8 Å². The molecule has 0 radical (unpaired) electrons. The fourth-order valence-electron chi connectivity index (χ4n) is 0.340. The number of hydrogen-bond acceptors (Lipinski definition) is 0. The molecule has 0 aromatic rings. The molecule has 1 rings (SSSR count). The fourth-order valence-corrected chi connectivity index (χ4v) is 0.340. The smallest absolute Gasteiger partial charge is 0 e. The van der Waals surface area contributed by atoms with Gasteiger partial charge >= 0.3 is 0 Å². The molecule has 0 saturated heterocycles. The molecule has 0 fully saturated rings. The van der Waals surface area contributed by atoms with Gasteiger partial charge in [-0.3, -0.25) is 6.08 Å². The van der Waals surface area contributed by atoms with Crippen LogP contribution in [0.1, 0.15) is 6.42 Å². The number of rotatable bonds is 0. The van der Waals surface area contributed by atoms with Gasteiger partial charge in [-0.1, -0.05) is 0 Å². The summed E-state index contributed by atoms with van der Waals surface area (Å²) in [6, 6.07) is 0. The minimum absolute atomic E-state index is 0. The Hall–Kier alpha value is 0.930. The number of hydrogen-bond donors (Lipinski definition) is 0. The Morgan fingerprint density at radius 1 is 0.846 bits per heavy atom. The maximum absolute atomic E-state index is 2.99. The van der Waals surface area contributed by atoms with E-state index in [2.05, 4.69) is 12.2 Å². The molecule has 0 saturated carbocycles. The van der Waals surface area contributed by atoms with E-state index < -0.39 is 0 Å². The van der Waals surface area contributed by atoms with Crippen molar-refractivity contribution in [1.29, 1.82) is 0 Å². The van der Waals surface area contributed by atoms with Gasteiger partial charge in [0, 0.05) is 25.8 Å². The minimum atomic E-state index is 0. The van der Waals surface area contributed by atoms with E-state index in [1.54, 1.807) is 0 Å². The molecule has 86 valence electrons. The Morgan fingerprint density at radius 2 is 1.23 bits per heavy atom. The first-order valence-corrected chi connectivity index (χ1v) is 1.72. The summed E-state index contributed by atoms with van der Waals surface area (Å²) >= 11 is 0. The van der Waals surface area contributed by atoms with E-state index in [9.17, 15) is 0 Å². The van der Waals surface area contributed by atoms with Crippen molar-refractivity contribution >= 4 is 24.8 Å². The van der Waals surface area contributed by atoms with Crippen LogP contribution in [-0.4, -0.2) is 0 Å². The average molecular weight is 392 g/mol.